The van der Waals surface area contributed by atoms with Crippen molar-refractivity contribution in [2.24, 2.45) is 0 Å². The Bertz CT molecular complexity index is 398. The molecule has 20 heavy (non-hydrogen) atoms. The maximum Gasteiger partial charge on any atom is 0.142 e. The summed E-state index contributed by atoms with van der Waals surface area (Å²) in [4.78, 5) is 0. The lowest BCUT2D eigenvalue weighted by molar-refractivity contribution is -0.897. The Morgan fingerprint density at radius 3 is 2.30 bits per heavy atom. The van der Waals surface area contributed by atoms with Crippen molar-refractivity contribution in [3.63, 3.8) is 0 Å². The average Bonchev–Trinajstić information content (AvgIpc) is 2.69. The number of nitrogens with two attached hydrogens (primary N) is 2. The number of halogens is 3. The third kappa shape index (κ3) is 5.83. The van der Waals surface area contributed by atoms with Crippen molar-refractivity contribution in [1.29, 1.82) is 0 Å². The molecule has 118 valence electrons. The molecule has 1 heterocycles. The van der Waals surface area contributed by atoms with E-state index in [1.807, 2.05) is 12.1 Å². The first-order valence-corrected chi connectivity index (χ1v) is 6.20. The minimum atomic E-state index is 0. The SMILES string of the molecule is C[N+]1(CCOc2ccc(N)cc2N)CCCC1.Cl.Cl.[Cl-]. The Hall–Kier alpha value is -0.550. The van der Waals surface area contributed by atoms with Gasteiger partial charge in [-0.05, 0) is 18.2 Å². The van der Waals surface area contributed by atoms with E-state index < -0.39 is 0 Å². The number of likely N-dealkylation sites (tertiary alicyclic amines) is 1. The van der Waals surface area contributed by atoms with E-state index in [-0.39, 0.29) is 37.2 Å². The van der Waals surface area contributed by atoms with Gasteiger partial charge in [-0.2, -0.15) is 0 Å². The van der Waals surface area contributed by atoms with Gasteiger partial charge in [-0.3, -0.25) is 0 Å². The first-order valence-electron chi connectivity index (χ1n) is 6.20. The minimum Gasteiger partial charge on any atom is -1.00 e. The molecule has 1 aliphatic rings. The number of ether oxygens (including phenoxy) is 1. The van der Waals surface area contributed by atoms with Crippen LogP contribution in [0.25, 0.3) is 0 Å². The fourth-order valence-corrected chi connectivity index (χ4v) is 2.40. The van der Waals surface area contributed by atoms with Crippen molar-refractivity contribution in [1.82, 2.24) is 0 Å². The second kappa shape index (κ2) is 9.40. The second-order valence-electron chi connectivity index (χ2n) is 5.14. The van der Waals surface area contributed by atoms with Gasteiger partial charge in [0.15, 0.2) is 0 Å². The van der Waals surface area contributed by atoms with Crippen LogP contribution in [0.15, 0.2) is 18.2 Å². The number of anilines is 2. The molecule has 1 aliphatic heterocycles. The first-order chi connectivity index (χ1) is 8.09. The maximum absolute atomic E-state index is 5.84. The highest BCUT2D eigenvalue weighted by atomic mass is 35.5. The topological polar surface area (TPSA) is 61.3 Å². The first kappa shape index (κ1) is 21.7. The third-order valence-electron chi connectivity index (χ3n) is 3.57. The van der Waals surface area contributed by atoms with Gasteiger partial charge in [-0.25, -0.2) is 0 Å². The molecule has 2 rings (SSSR count). The Balaban J connectivity index is 0. The van der Waals surface area contributed by atoms with Crippen LogP contribution in [-0.2, 0) is 0 Å². The lowest BCUT2D eigenvalue weighted by atomic mass is 10.2. The summed E-state index contributed by atoms with van der Waals surface area (Å²) in [6.45, 7) is 4.29. The molecule has 4 N–H and O–H groups in total. The van der Waals surface area contributed by atoms with Gasteiger partial charge < -0.3 is 33.1 Å². The molecule has 4 nitrogen and oxygen atoms in total. The van der Waals surface area contributed by atoms with Crippen molar-refractivity contribution < 1.29 is 21.6 Å². The molecule has 1 aromatic carbocycles. The van der Waals surface area contributed by atoms with Gasteiger partial charge in [0.05, 0.1) is 25.8 Å². The maximum atomic E-state index is 5.84. The van der Waals surface area contributed by atoms with Gasteiger partial charge in [0.1, 0.15) is 18.9 Å². The zero-order valence-corrected chi connectivity index (χ0v) is 14.1. The fourth-order valence-electron chi connectivity index (χ4n) is 2.40. The molecule has 1 aromatic rings. The summed E-state index contributed by atoms with van der Waals surface area (Å²) in [5, 5.41) is 0. The minimum absolute atomic E-state index is 0. The van der Waals surface area contributed by atoms with E-state index in [4.69, 9.17) is 16.2 Å². The zero-order chi connectivity index (χ0) is 12.3. The zero-order valence-electron chi connectivity index (χ0n) is 11.7. The van der Waals surface area contributed by atoms with E-state index in [2.05, 4.69) is 7.05 Å². The van der Waals surface area contributed by atoms with Gasteiger partial charge in [-0.15, -0.1) is 24.8 Å². The van der Waals surface area contributed by atoms with Crippen molar-refractivity contribution in [3.05, 3.63) is 18.2 Å². The molecular formula is C13H24Cl3N3O. The second-order valence-corrected chi connectivity index (χ2v) is 5.14. The monoisotopic (exact) mass is 343 g/mol. The van der Waals surface area contributed by atoms with Crippen LogP contribution in [-0.4, -0.2) is 37.8 Å². The number of benzene rings is 1. The molecule has 0 spiro atoms. The smallest absolute Gasteiger partial charge is 0.142 e. The van der Waals surface area contributed by atoms with Crippen LogP contribution >= 0.6 is 24.8 Å². The van der Waals surface area contributed by atoms with E-state index in [1.165, 1.54) is 25.9 Å². The van der Waals surface area contributed by atoms with E-state index >= 15 is 0 Å². The number of rotatable bonds is 4. The van der Waals surface area contributed by atoms with Crippen molar-refractivity contribution in [2.45, 2.75) is 12.8 Å². The normalized spacial score (nSPS) is 15.4. The summed E-state index contributed by atoms with van der Waals surface area (Å²) < 4.78 is 6.84. The number of hydrogen-bond donors (Lipinski definition) is 2. The van der Waals surface area contributed by atoms with Crippen LogP contribution in [0.5, 0.6) is 5.75 Å². The Kier molecular flexibility index (Phi) is 10.2. The van der Waals surface area contributed by atoms with E-state index in [0.717, 1.165) is 16.8 Å². The molecule has 0 unspecified atom stereocenters. The quantitative estimate of drug-likeness (QED) is 0.562. The number of nitrogens with zero attached hydrogens (tertiary/aromatic N) is 1. The predicted octanol–water partition coefficient (Wildman–Crippen LogP) is -0.682. The number of nitrogen functional groups attached to an aromatic ring is 2. The van der Waals surface area contributed by atoms with Crippen LogP contribution in [0, 0.1) is 0 Å². The number of likely N-dealkylation sites (N-methyl/N-ethyl adjacent to an activating group) is 1. The molecule has 0 radical (unpaired) electrons. The predicted molar refractivity (Wildman–Crippen MR) is 85.3 cm³/mol. The summed E-state index contributed by atoms with van der Waals surface area (Å²) in [6, 6.07) is 5.40. The Morgan fingerprint density at radius 1 is 1.15 bits per heavy atom. The summed E-state index contributed by atoms with van der Waals surface area (Å²) >= 11 is 0. The molecule has 0 atom stereocenters. The fraction of sp³-hybridized carbons (Fsp3) is 0.538. The van der Waals surface area contributed by atoms with Gasteiger partial charge in [-0.1, -0.05) is 0 Å². The summed E-state index contributed by atoms with van der Waals surface area (Å²) in [5.74, 6) is 0.741. The van der Waals surface area contributed by atoms with Gasteiger partial charge in [0.2, 0.25) is 0 Å². The van der Waals surface area contributed by atoms with Crippen LogP contribution in [0.4, 0.5) is 11.4 Å². The average molecular weight is 345 g/mol. The van der Waals surface area contributed by atoms with Gasteiger partial charge >= 0.3 is 0 Å². The van der Waals surface area contributed by atoms with Crippen molar-refractivity contribution >= 4 is 36.2 Å². The van der Waals surface area contributed by atoms with E-state index in [1.54, 1.807) is 6.07 Å². The van der Waals surface area contributed by atoms with Crippen LogP contribution in [0.3, 0.4) is 0 Å². The highest BCUT2D eigenvalue weighted by molar-refractivity contribution is 5.85. The van der Waals surface area contributed by atoms with Crippen molar-refractivity contribution in [3.8, 4) is 5.75 Å². The number of quaternary nitrogens is 1. The molecule has 1 fully saturated rings. The van der Waals surface area contributed by atoms with Gasteiger partial charge in [0.25, 0.3) is 0 Å². The molecule has 0 amide bonds. The largest absolute Gasteiger partial charge is 1.00 e. The lowest BCUT2D eigenvalue weighted by Crippen LogP contribution is -3.00. The van der Waals surface area contributed by atoms with Gasteiger partial charge in [0, 0.05) is 18.5 Å². The molecule has 0 saturated carbocycles. The standard InChI is InChI=1S/C13H22N3O.3ClH/c1-16(6-2-3-7-16)8-9-17-13-5-4-11(14)10-12(13)15;;;/h4-5,10H,2-3,6-9,14-15H2,1H3;3*1H/q+1;;;/p-1. The van der Waals surface area contributed by atoms with Crippen molar-refractivity contribution in [2.75, 3.05) is 44.8 Å². The lowest BCUT2D eigenvalue weighted by Gasteiger charge is -2.28. The van der Waals surface area contributed by atoms with Crippen LogP contribution in [0.2, 0.25) is 0 Å². The summed E-state index contributed by atoms with van der Waals surface area (Å²) in [5.41, 5.74) is 12.8. The Labute approximate surface area is 139 Å². The Morgan fingerprint density at radius 2 is 1.75 bits per heavy atom. The summed E-state index contributed by atoms with van der Waals surface area (Å²) in [6.07, 6.45) is 2.67. The molecule has 1 saturated heterocycles. The summed E-state index contributed by atoms with van der Waals surface area (Å²) in [7, 11) is 2.29. The van der Waals surface area contributed by atoms with Crippen LogP contribution in [0.1, 0.15) is 12.8 Å². The molecule has 7 heteroatoms. The molecule has 0 aliphatic carbocycles. The molecular weight excluding hydrogens is 321 g/mol. The van der Waals surface area contributed by atoms with Crippen LogP contribution < -0.4 is 28.6 Å². The highest BCUT2D eigenvalue weighted by Crippen LogP contribution is 2.24. The molecule has 0 bridgehead atoms. The highest BCUT2D eigenvalue weighted by Gasteiger charge is 2.26. The third-order valence-corrected chi connectivity index (χ3v) is 3.57. The molecule has 0 aromatic heterocycles. The number of hydrogen-bond acceptors (Lipinski definition) is 3. The van der Waals surface area contributed by atoms with E-state index in [0.29, 0.717) is 18.0 Å². The van der Waals surface area contributed by atoms with E-state index in [9.17, 15) is 0 Å².